The predicted octanol–water partition coefficient (Wildman–Crippen LogP) is 6.59. The molecule has 1 atom stereocenters. The second-order valence-corrected chi connectivity index (χ2v) is 11.2. The van der Waals surface area contributed by atoms with Crippen molar-refractivity contribution in [1.82, 2.24) is 19.8 Å². The minimum Gasteiger partial charge on any atom is -0.497 e. The van der Waals surface area contributed by atoms with E-state index in [1.54, 1.807) is 72.6 Å². The summed E-state index contributed by atoms with van der Waals surface area (Å²) in [5, 5.41) is 14.2. The number of halogens is 1. The first-order valence-electron chi connectivity index (χ1n) is 15.4. The van der Waals surface area contributed by atoms with Crippen LogP contribution in [0.2, 0.25) is 5.02 Å². The predicted molar refractivity (Wildman–Crippen MR) is 186 cm³/mol. The van der Waals surface area contributed by atoms with Crippen LogP contribution in [-0.4, -0.2) is 91.4 Å². The van der Waals surface area contributed by atoms with E-state index in [2.05, 4.69) is 34.0 Å². The van der Waals surface area contributed by atoms with Gasteiger partial charge in [-0.3, -0.25) is 4.79 Å². The van der Waals surface area contributed by atoms with E-state index in [9.17, 15) is 14.7 Å². The van der Waals surface area contributed by atoms with Crippen molar-refractivity contribution in [2.45, 2.75) is 19.9 Å². The molecule has 0 aliphatic rings. The van der Waals surface area contributed by atoms with Gasteiger partial charge in [0.25, 0.3) is 5.91 Å². The van der Waals surface area contributed by atoms with E-state index in [4.69, 9.17) is 25.8 Å². The third-order valence-corrected chi connectivity index (χ3v) is 8.19. The minimum atomic E-state index is -1.29. The van der Waals surface area contributed by atoms with Gasteiger partial charge in [-0.1, -0.05) is 31.5 Å². The molecule has 0 fully saturated rings. The molecule has 3 aromatic carbocycles. The fourth-order valence-corrected chi connectivity index (χ4v) is 5.43. The van der Waals surface area contributed by atoms with Crippen LogP contribution in [0, 0.1) is 0 Å². The molecule has 0 aliphatic carbocycles. The van der Waals surface area contributed by atoms with E-state index in [1.165, 1.54) is 33.6 Å². The number of nitrogens with zero attached hydrogens (tertiary/aromatic N) is 5. The standard InChI is InChI=1S/C35H41ClN6O6/c1-7-41(8-2)20-19-40(3)33(43)23-9-12-25(13-10-23)38-34-37-18-17-31(39-34)42(35(44)45)32(27-15-11-24(36)21-30(27)48-6)28-22-26(46-4)14-16-29(28)47-5/h9-18,21-22,32H,7-8,19-20H2,1-6H3,(H,44,45)(H,37,38,39). The normalized spacial score (nSPS) is 11.5. The van der Waals surface area contributed by atoms with Crippen LogP contribution in [-0.2, 0) is 0 Å². The van der Waals surface area contributed by atoms with Crippen LogP contribution in [0.25, 0.3) is 0 Å². The summed E-state index contributed by atoms with van der Waals surface area (Å²) in [6.45, 7) is 7.47. The summed E-state index contributed by atoms with van der Waals surface area (Å²) in [5.74, 6) is 1.42. The first-order chi connectivity index (χ1) is 23.1. The lowest BCUT2D eigenvalue weighted by Gasteiger charge is -2.31. The third kappa shape index (κ3) is 8.44. The molecular formula is C35H41ClN6O6. The number of aromatic nitrogens is 2. The van der Waals surface area contributed by atoms with Crippen LogP contribution in [0.1, 0.15) is 41.4 Å². The van der Waals surface area contributed by atoms with Gasteiger partial charge in [-0.2, -0.15) is 4.98 Å². The number of hydrogen-bond donors (Lipinski definition) is 2. The van der Waals surface area contributed by atoms with E-state index in [0.29, 0.717) is 51.2 Å². The monoisotopic (exact) mass is 676 g/mol. The maximum atomic E-state index is 13.1. The number of carbonyl (C=O) groups is 2. The molecule has 0 aliphatic heterocycles. The first-order valence-corrected chi connectivity index (χ1v) is 15.8. The zero-order chi connectivity index (χ0) is 34.8. The topological polar surface area (TPSA) is 130 Å². The molecule has 0 spiro atoms. The number of carbonyl (C=O) groups excluding carboxylic acids is 1. The molecule has 1 heterocycles. The molecule has 2 amide bonds. The van der Waals surface area contributed by atoms with Crippen molar-refractivity contribution in [3.8, 4) is 17.2 Å². The first kappa shape index (κ1) is 35.8. The number of nitrogens with one attached hydrogen (secondary N) is 1. The third-order valence-electron chi connectivity index (χ3n) is 7.95. The fraction of sp³-hybridized carbons (Fsp3) is 0.314. The van der Waals surface area contributed by atoms with Gasteiger partial charge in [0.05, 0.1) is 27.4 Å². The Morgan fingerprint density at radius 2 is 1.58 bits per heavy atom. The molecule has 254 valence electrons. The van der Waals surface area contributed by atoms with Gasteiger partial charge in [-0.15, -0.1) is 0 Å². The van der Waals surface area contributed by atoms with E-state index >= 15 is 0 Å². The summed E-state index contributed by atoms with van der Waals surface area (Å²) in [4.78, 5) is 40.1. The number of benzene rings is 3. The molecule has 1 unspecified atom stereocenters. The highest BCUT2D eigenvalue weighted by atomic mass is 35.5. The lowest BCUT2D eigenvalue weighted by molar-refractivity contribution is 0.0779. The molecular weight excluding hydrogens is 636 g/mol. The highest BCUT2D eigenvalue weighted by molar-refractivity contribution is 6.30. The van der Waals surface area contributed by atoms with Crippen molar-refractivity contribution in [3.63, 3.8) is 0 Å². The molecule has 13 heteroatoms. The Balaban J connectivity index is 1.68. The number of anilines is 3. The van der Waals surface area contributed by atoms with Gasteiger partial charge in [0.2, 0.25) is 5.95 Å². The molecule has 0 bridgehead atoms. The quantitative estimate of drug-likeness (QED) is 0.142. The average molecular weight is 677 g/mol. The van der Waals surface area contributed by atoms with Gasteiger partial charge < -0.3 is 34.4 Å². The number of methoxy groups -OCH3 is 3. The molecule has 1 aromatic heterocycles. The summed E-state index contributed by atoms with van der Waals surface area (Å²) in [6, 6.07) is 17.5. The van der Waals surface area contributed by atoms with E-state index in [-0.39, 0.29) is 17.7 Å². The summed E-state index contributed by atoms with van der Waals surface area (Å²) in [5.41, 5.74) is 2.13. The maximum Gasteiger partial charge on any atom is 0.413 e. The van der Waals surface area contributed by atoms with Crippen molar-refractivity contribution in [1.29, 1.82) is 0 Å². The smallest absolute Gasteiger partial charge is 0.413 e. The Bertz CT molecular complexity index is 1700. The average Bonchev–Trinajstić information content (AvgIpc) is 3.10. The van der Waals surface area contributed by atoms with Crippen LogP contribution in [0.3, 0.4) is 0 Å². The molecule has 0 radical (unpaired) electrons. The second-order valence-electron chi connectivity index (χ2n) is 10.7. The SMILES string of the molecule is CCN(CC)CCN(C)C(=O)c1ccc(Nc2nccc(N(C(=O)O)C(c3ccc(Cl)cc3OC)c3cc(OC)ccc3OC)n2)cc1. The Morgan fingerprint density at radius 1 is 0.875 bits per heavy atom. The van der Waals surface area contributed by atoms with Crippen molar-refractivity contribution in [2.24, 2.45) is 0 Å². The molecule has 4 rings (SSSR count). The number of amides is 2. The Morgan fingerprint density at radius 3 is 2.21 bits per heavy atom. The number of rotatable bonds is 15. The van der Waals surface area contributed by atoms with Crippen molar-refractivity contribution in [2.75, 3.05) is 64.8 Å². The highest BCUT2D eigenvalue weighted by Gasteiger charge is 2.34. The van der Waals surface area contributed by atoms with Crippen LogP contribution in [0.4, 0.5) is 22.2 Å². The molecule has 4 aromatic rings. The summed E-state index contributed by atoms with van der Waals surface area (Å²) in [7, 11) is 6.30. The van der Waals surface area contributed by atoms with Gasteiger partial charge >= 0.3 is 6.09 Å². The zero-order valence-electron chi connectivity index (χ0n) is 27.9. The van der Waals surface area contributed by atoms with Crippen molar-refractivity contribution >= 4 is 41.1 Å². The van der Waals surface area contributed by atoms with Crippen molar-refractivity contribution < 1.29 is 28.9 Å². The Hall–Kier alpha value is -5.07. The molecule has 0 saturated heterocycles. The van der Waals surface area contributed by atoms with Gasteiger partial charge in [0.15, 0.2) is 0 Å². The second kappa shape index (κ2) is 16.7. The molecule has 12 nitrogen and oxygen atoms in total. The largest absolute Gasteiger partial charge is 0.497 e. The molecule has 48 heavy (non-hydrogen) atoms. The Labute approximate surface area is 285 Å². The number of hydrogen-bond acceptors (Lipinski definition) is 9. The lowest BCUT2D eigenvalue weighted by Crippen LogP contribution is -2.36. The molecule has 2 N–H and O–H groups in total. The van der Waals surface area contributed by atoms with E-state index in [1.807, 2.05) is 0 Å². The van der Waals surface area contributed by atoms with Crippen LogP contribution >= 0.6 is 11.6 Å². The lowest BCUT2D eigenvalue weighted by atomic mass is 9.95. The summed E-state index contributed by atoms with van der Waals surface area (Å²) < 4.78 is 16.8. The van der Waals surface area contributed by atoms with Crippen molar-refractivity contribution in [3.05, 3.63) is 94.6 Å². The summed E-state index contributed by atoms with van der Waals surface area (Å²) in [6.07, 6.45) is 0.169. The van der Waals surface area contributed by atoms with E-state index in [0.717, 1.165) is 24.5 Å². The van der Waals surface area contributed by atoms with Crippen LogP contribution < -0.4 is 24.4 Å². The minimum absolute atomic E-state index is 0.0773. The fourth-order valence-electron chi connectivity index (χ4n) is 5.27. The van der Waals surface area contributed by atoms with E-state index < -0.39 is 12.1 Å². The maximum absolute atomic E-state index is 13.1. The molecule has 0 saturated carbocycles. The van der Waals surface area contributed by atoms with Gasteiger partial charge in [-0.25, -0.2) is 14.7 Å². The van der Waals surface area contributed by atoms with Crippen LogP contribution in [0.5, 0.6) is 17.2 Å². The van der Waals surface area contributed by atoms with Gasteiger partial charge in [-0.05, 0) is 73.8 Å². The Kier molecular flexibility index (Phi) is 12.4. The van der Waals surface area contributed by atoms with Crippen LogP contribution in [0.15, 0.2) is 72.9 Å². The van der Waals surface area contributed by atoms with Gasteiger partial charge in [0.1, 0.15) is 23.1 Å². The number of ether oxygens (including phenoxy) is 3. The summed E-state index contributed by atoms with van der Waals surface area (Å²) >= 11 is 6.28. The number of likely N-dealkylation sites (N-methyl/N-ethyl adjacent to an activating group) is 2. The zero-order valence-corrected chi connectivity index (χ0v) is 28.7. The number of carboxylic acid groups (broad SMARTS) is 1. The van der Waals surface area contributed by atoms with Gasteiger partial charge in [0, 0.05) is 53.7 Å². The highest BCUT2D eigenvalue weighted by Crippen LogP contribution is 2.43.